The van der Waals surface area contributed by atoms with Crippen molar-refractivity contribution in [1.29, 1.82) is 0 Å². The van der Waals surface area contributed by atoms with Crippen LogP contribution in [0.5, 0.6) is 5.75 Å². The van der Waals surface area contributed by atoms with Gasteiger partial charge >= 0.3 is 12.1 Å². The second-order valence-electron chi connectivity index (χ2n) is 4.45. The summed E-state index contributed by atoms with van der Waals surface area (Å²) >= 11 is 6.02. The van der Waals surface area contributed by atoms with E-state index in [2.05, 4.69) is 4.74 Å². The van der Waals surface area contributed by atoms with Crippen LogP contribution in [0.1, 0.15) is 18.1 Å². The predicted molar refractivity (Wildman–Crippen MR) is 71.2 cm³/mol. The van der Waals surface area contributed by atoms with Gasteiger partial charge in [0.15, 0.2) is 0 Å². The molecule has 1 rings (SSSR count). The van der Waals surface area contributed by atoms with E-state index in [0.29, 0.717) is 22.9 Å². The fraction of sp³-hybridized carbons (Fsp3) is 0.462. The molecule has 0 aliphatic carbocycles. The summed E-state index contributed by atoms with van der Waals surface area (Å²) in [5.41, 5.74) is 7.00. The predicted octanol–water partition coefficient (Wildman–Crippen LogP) is 2.98. The van der Waals surface area contributed by atoms with Gasteiger partial charge in [-0.2, -0.15) is 13.2 Å². The van der Waals surface area contributed by atoms with Crippen molar-refractivity contribution >= 4 is 17.6 Å². The molecule has 1 aromatic carbocycles. The number of esters is 1. The van der Waals surface area contributed by atoms with Gasteiger partial charge in [0, 0.05) is 6.54 Å². The number of aryl methyl sites for hydroxylation is 1. The number of hydrogen-bond acceptors (Lipinski definition) is 4. The molecule has 0 radical (unpaired) electrons. The molecule has 0 aliphatic rings. The Hall–Kier alpha value is -1.47. The van der Waals surface area contributed by atoms with Crippen molar-refractivity contribution in [3.05, 3.63) is 28.3 Å². The first-order valence-electron chi connectivity index (χ1n) is 6.04. The topological polar surface area (TPSA) is 61.6 Å². The van der Waals surface area contributed by atoms with Crippen LogP contribution in [0.3, 0.4) is 0 Å². The molecule has 0 amide bonds. The van der Waals surface area contributed by atoms with Gasteiger partial charge in [-0.15, -0.1) is 0 Å². The van der Waals surface area contributed by atoms with Crippen LogP contribution in [-0.2, 0) is 16.1 Å². The highest BCUT2D eigenvalue weighted by Gasteiger charge is 2.41. The van der Waals surface area contributed by atoms with Crippen molar-refractivity contribution in [2.45, 2.75) is 32.7 Å². The summed E-state index contributed by atoms with van der Waals surface area (Å²) in [6.07, 6.45) is -5.80. The number of alkyl halides is 3. The van der Waals surface area contributed by atoms with Crippen molar-refractivity contribution in [3.63, 3.8) is 0 Å². The number of nitrogens with two attached hydrogens (primary N) is 1. The van der Waals surface area contributed by atoms with Crippen molar-refractivity contribution in [1.82, 2.24) is 0 Å². The number of carbonyl (C=O) groups excluding carboxylic acids is 1. The number of hydrogen-bond donors (Lipinski definition) is 1. The number of rotatable bonds is 5. The van der Waals surface area contributed by atoms with E-state index < -0.39 is 24.9 Å². The average Bonchev–Trinajstić information content (AvgIpc) is 2.38. The van der Waals surface area contributed by atoms with E-state index in [1.54, 1.807) is 19.1 Å². The Balaban J connectivity index is 2.67. The minimum absolute atomic E-state index is 0.296. The lowest BCUT2D eigenvalue weighted by molar-refractivity contribution is -0.201. The lowest BCUT2D eigenvalue weighted by Gasteiger charge is -2.18. The largest absolute Gasteiger partial charge is 0.490 e. The van der Waals surface area contributed by atoms with Crippen molar-refractivity contribution in [3.8, 4) is 5.75 Å². The van der Waals surface area contributed by atoms with Crippen LogP contribution in [0.2, 0.25) is 5.02 Å². The quantitative estimate of drug-likeness (QED) is 0.845. The molecule has 0 spiro atoms. The number of halogens is 4. The Morgan fingerprint density at radius 1 is 1.43 bits per heavy atom. The van der Waals surface area contributed by atoms with Gasteiger partial charge < -0.3 is 15.2 Å². The molecule has 0 aromatic heterocycles. The minimum Gasteiger partial charge on any atom is -0.485 e. The van der Waals surface area contributed by atoms with Crippen LogP contribution in [0.15, 0.2) is 12.1 Å². The van der Waals surface area contributed by atoms with Gasteiger partial charge in [-0.3, -0.25) is 0 Å². The number of carbonyl (C=O) groups is 1. The van der Waals surface area contributed by atoms with E-state index in [1.807, 2.05) is 0 Å². The van der Waals surface area contributed by atoms with Gasteiger partial charge in [0.2, 0.25) is 0 Å². The maximum Gasteiger partial charge on any atom is 0.490 e. The second-order valence-corrected chi connectivity index (χ2v) is 4.86. The zero-order valence-electron chi connectivity index (χ0n) is 11.5. The first-order chi connectivity index (χ1) is 9.65. The number of benzene rings is 1. The highest BCUT2D eigenvalue weighted by molar-refractivity contribution is 6.32. The van der Waals surface area contributed by atoms with Crippen LogP contribution >= 0.6 is 11.6 Å². The van der Waals surface area contributed by atoms with E-state index in [1.165, 1.54) is 6.92 Å². The lowest BCUT2D eigenvalue weighted by Crippen LogP contribution is -2.30. The molecule has 0 aliphatic heterocycles. The first kappa shape index (κ1) is 17.6. The average molecular weight is 326 g/mol. The Morgan fingerprint density at radius 3 is 2.52 bits per heavy atom. The molecule has 4 nitrogen and oxygen atoms in total. The van der Waals surface area contributed by atoms with Gasteiger partial charge in [-0.25, -0.2) is 4.79 Å². The van der Waals surface area contributed by atoms with E-state index in [4.69, 9.17) is 22.1 Å². The molecule has 8 heteroatoms. The monoisotopic (exact) mass is 325 g/mol. The van der Waals surface area contributed by atoms with E-state index >= 15 is 0 Å². The minimum atomic E-state index is -5.02. The van der Waals surface area contributed by atoms with Gasteiger partial charge in [0.25, 0.3) is 0 Å². The summed E-state index contributed by atoms with van der Waals surface area (Å²) in [7, 11) is 0. The van der Waals surface area contributed by atoms with E-state index in [9.17, 15) is 18.0 Å². The van der Waals surface area contributed by atoms with E-state index in [-0.39, 0.29) is 0 Å². The van der Waals surface area contributed by atoms with E-state index in [0.717, 1.165) is 5.56 Å². The SMILES string of the molecule is Cc1cc(CN)cc(Cl)c1OC(C)COC(=O)C(F)(F)F. The molecule has 0 saturated heterocycles. The smallest absolute Gasteiger partial charge is 0.485 e. The van der Waals surface area contributed by atoms with Crippen LogP contribution in [-0.4, -0.2) is 24.9 Å². The zero-order chi connectivity index (χ0) is 16.2. The summed E-state index contributed by atoms with van der Waals surface area (Å²) in [5.74, 6) is -1.93. The highest BCUT2D eigenvalue weighted by atomic mass is 35.5. The molecule has 118 valence electrons. The molecular formula is C13H15ClF3NO3. The molecule has 0 saturated carbocycles. The zero-order valence-corrected chi connectivity index (χ0v) is 12.2. The van der Waals surface area contributed by atoms with Crippen LogP contribution in [0.4, 0.5) is 13.2 Å². The Bertz CT molecular complexity index is 497. The fourth-order valence-electron chi connectivity index (χ4n) is 1.58. The molecule has 0 heterocycles. The number of ether oxygens (including phenoxy) is 2. The standard InChI is InChI=1S/C13H15ClF3NO3/c1-7-3-9(5-18)4-10(14)11(7)21-8(2)6-20-12(19)13(15,16)17/h3-4,8H,5-6,18H2,1-2H3. The fourth-order valence-corrected chi connectivity index (χ4v) is 1.91. The molecule has 2 N–H and O–H groups in total. The second kappa shape index (κ2) is 7.00. The first-order valence-corrected chi connectivity index (χ1v) is 6.42. The van der Waals surface area contributed by atoms with Crippen LogP contribution < -0.4 is 10.5 Å². The summed E-state index contributed by atoms with van der Waals surface area (Å²) in [5, 5.41) is 0.296. The van der Waals surface area contributed by atoms with Crippen LogP contribution in [0.25, 0.3) is 0 Å². The summed E-state index contributed by atoms with van der Waals surface area (Å²) in [4.78, 5) is 10.6. The Labute approximate surface area is 125 Å². The Kier molecular flexibility index (Phi) is 5.86. The van der Waals surface area contributed by atoms with Crippen LogP contribution in [0, 0.1) is 6.92 Å². The molecule has 1 aromatic rings. The van der Waals surface area contributed by atoms with Crippen molar-refractivity contribution in [2.75, 3.05) is 6.61 Å². The molecule has 21 heavy (non-hydrogen) atoms. The van der Waals surface area contributed by atoms with Gasteiger partial charge in [-0.05, 0) is 31.0 Å². The molecule has 0 bridgehead atoms. The van der Waals surface area contributed by atoms with Gasteiger partial charge in [0.05, 0.1) is 5.02 Å². The maximum absolute atomic E-state index is 12.0. The van der Waals surface area contributed by atoms with Gasteiger partial charge in [-0.1, -0.05) is 17.7 Å². The molecule has 1 atom stereocenters. The van der Waals surface area contributed by atoms with Crippen molar-refractivity contribution < 1.29 is 27.4 Å². The normalized spacial score (nSPS) is 12.9. The maximum atomic E-state index is 12.0. The lowest BCUT2D eigenvalue weighted by atomic mass is 10.1. The summed E-state index contributed by atoms with van der Waals surface area (Å²) in [6.45, 7) is 2.97. The molecular weight excluding hydrogens is 311 g/mol. The third kappa shape index (κ3) is 5.09. The third-order valence-corrected chi connectivity index (χ3v) is 2.81. The highest BCUT2D eigenvalue weighted by Crippen LogP contribution is 2.31. The summed E-state index contributed by atoms with van der Waals surface area (Å²) < 4.78 is 45.5. The van der Waals surface area contributed by atoms with Gasteiger partial charge in [0.1, 0.15) is 18.5 Å². The third-order valence-electron chi connectivity index (χ3n) is 2.52. The van der Waals surface area contributed by atoms with Crippen molar-refractivity contribution in [2.24, 2.45) is 5.73 Å². The molecule has 1 unspecified atom stereocenters. The Morgan fingerprint density at radius 2 is 2.05 bits per heavy atom. The summed E-state index contributed by atoms with van der Waals surface area (Å²) in [6, 6.07) is 3.37. The molecule has 0 fully saturated rings.